The minimum Gasteiger partial charge on any atom is -0.395 e. The largest absolute Gasteiger partial charge is 0.395 e. The maximum absolute atomic E-state index is 13.4. The van der Waals surface area contributed by atoms with Crippen LogP contribution in [0.4, 0.5) is 4.39 Å². The molecule has 1 aromatic rings. The van der Waals surface area contributed by atoms with Crippen molar-refractivity contribution < 1.29 is 9.50 Å². The summed E-state index contributed by atoms with van der Waals surface area (Å²) in [5, 5.41) is 8.66. The van der Waals surface area contributed by atoms with Gasteiger partial charge in [0.15, 0.2) is 0 Å². The molecule has 0 spiro atoms. The van der Waals surface area contributed by atoms with Crippen molar-refractivity contribution in [3.05, 3.63) is 35.1 Å². The molecule has 0 aromatic heterocycles. The first kappa shape index (κ1) is 16.1. The molecular weight excluding hydrogens is 259 g/mol. The summed E-state index contributed by atoms with van der Waals surface area (Å²) >= 11 is 1.83. The van der Waals surface area contributed by atoms with E-state index >= 15 is 0 Å². The van der Waals surface area contributed by atoms with E-state index in [0.717, 1.165) is 17.1 Å². The molecule has 1 N–H and O–H groups in total. The predicted octanol–water partition coefficient (Wildman–Crippen LogP) is 3.84. The Labute approximate surface area is 119 Å². The van der Waals surface area contributed by atoms with Crippen molar-refractivity contribution in [2.75, 3.05) is 12.4 Å². The van der Waals surface area contributed by atoms with E-state index in [1.807, 2.05) is 17.8 Å². The van der Waals surface area contributed by atoms with Crippen molar-refractivity contribution in [3.63, 3.8) is 0 Å². The molecule has 1 nitrogen and oxygen atoms in total. The maximum Gasteiger partial charge on any atom is 0.124 e. The molecule has 0 unspecified atom stereocenters. The third-order valence-electron chi connectivity index (χ3n) is 2.54. The molecule has 1 rings (SSSR count). The Morgan fingerprint density at radius 1 is 1.32 bits per heavy atom. The van der Waals surface area contributed by atoms with E-state index in [4.69, 9.17) is 5.11 Å². The van der Waals surface area contributed by atoms with E-state index in [2.05, 4.69) is 25.7 Å². The lowest BCUT2D eigenvalue weighted by atomic mass is 10.1. The summed E-state index contributed by atoms with van der Waals surface area (Å²) in [5.41, 5.74) is 1.66. The fourth-order valence-electron chi connectivity index (χ4n) is 1.54. The second-order valence-electron chi connectivity index (χ2n) is 4.86. The Morgan fingerprint density at radius 3 is 2.79 bits per heavy atom. The van der Waals surface area contributed by atoms with Gasteiger partial charge in [-0.15, -0.1) is 0 Å². The van der Waals surface area contributed by atoms with E-state index in [9.17, 15) is 4.39 Å². The maximum atomic E-state index is 13.4. The van der Waals surface area contributed by atoms with Gasteiger partial charge in [-0.3, -0.25) is 0 Å². The Hall–Kier alpha value is -0.980. The smallest absolute Gasteiger partial charge is 0.124 e. The first-order chi connectivity index (χ1) is 9.11. The fraction of sp³-hybridized carbons (Fsp3) is 0.500. The molecule has 0 saturated heterocycles. The average molecular weight is 280 g/mol. The van der Waals surface area contributed by atoms with Gasteiger partial charge in [0.25, 0.3) is 0 Å². The Balaban J connectivity index is 2.56. The number of halogens is 1. The van der Waals surface area contributed by atoms with Crippen LogP contribution in [0.15, 0.2) is 18.2 Å². The number of hydrogen-bond donors (Lipinski definition) is 1. The number of benzene rings is 1. The van der Waals surface area contributed by atoms with E-state index < -0.39 is 0 Å². The lowest BCUT2D eigenvalue weighted by Gasteiger charge is -2.05. The van der Waals surface area contributed by atoms with Crippen LogP contribution in [-0.4, -0.2) is 17.5 Å². The minimum atomic E-state index is -0.241. The fourth-order valence-corrected chi connectivity index (χ4v) is 2.72. The van der Waals surface area contributed by atoms with Crippen LogP contribution in [0, 0.1) is 23.6 Å². The molecule has 0 bridgehead atoms. The van der Waals surface area contributed by atoms with Crippen LogP contribution in [0.2, 0.25) is 0 Å². The van der Waals surface area contributed by atoms with E-state index in [1.165, 1.54) is 12.5 Å². The van der Waals surface area contributed by atoms with Gasteiger partial charge < -0.3 is 5.11 Å². The van der Waals surface area contributed by atoms with Gasteiger partial charge in [0.05, 0.1) is 6.61 Å². The number of hydrogen-bond acceptors (Lipinski definition) is 2. The van der Waals surface area contributed by atoms with Crippen molar-refractivity contribution in [1.29, 1.82) is 0 Å². The van der Waals surface area contributed by atoms with Crippen LogP contribution in [-0.2, 0) is 5.75 Å². The van der Waals surface area contributed by atoms with Gasteiger partial charge in [-0.25, -0.2) is 4.39 Å². The Bertz CT molecular complexity index is 446. The molecule has 0 amide bonds. The molecule has 0 saturated carbocycles. The van der Waals surface area contributed by atoms with Crippen LogP contribution < -0.4 is 0 Å². The first-order valence-electron chi connectivity index (χ1n) is 6.58. The quantitative estimate of drug-likeness (QED) is 0.631. The zero-order valence-corrected chi connectivity index (χ0v) is 12.4. The summed E-state index contributed by atoms with van der Waals surface area (Å²) in [6.07, 6.45) is 1.61. The molecule has 0 atom stereocenters. The Morgan fingerprint density at radius 2 is 2.11 bits per heavy atom. The first-order valence-corrected chi connectivity index (χ1v) is 7.74. The van der Waals surface area contributed by atoms with Crippen LogP contribution in [0.1, 0.15) is 37.8 Å². The van der Waals surface area contributed by atoms with Gasteiger partial charge in [-0.05, 0) is 41.9 Å². The van der Waals surface area contributed by atoms with Gasteiger partial charge in [0.1, 0.15) is 5.82 Å². The van der Waals surface area contributed by atoms with E-state index in [1.54, 1.807) is 6.07 Å². The van der Waals surface area contributed by atoms with Gasteiger partial charge in [0, 0.05) is 17.7 Å². The zero-order valence-electron chi connectivity index (χ0n) is 11.6. The number of rotatable bonds is 6. The van der Waals surface area contributed by atoms with Crippen molar-refractivity contribution in [1.82, 2.24) is 0 Å². The number of thioether (sulfide) groups is 1. The Kier molecular flexibility index (Phi) is 7.62. The van der Waals surface area contributed by atoms with Gasteiger partial charge in [-0.1, -0.05) is 25.7 Å². The van der Waals surface area contributed by atoms with Crippen LogP contribution >= 0.6 is 11.8 Å². The highest BCUT2D eigenvalue weighted by Crippen LogP contribution is 2.17. The van der Waals surface area contributed by atoms with Crippen molar-refractivity contribution in [2.45, 2.75) is 32.4 Å². The molecule has 0 heterocycles. The topological polar surface area (TPSA) is 20.2 Å². The average Bonchev–Trinajstić information content (AvgIpc) is 2.34. The zero-order chi connectivity index (χ0) is 14.1. The highest BCUT2D eigenvalue weighted by molar-refractivity contribution is 7.98. The van der Waals surface area contributed by atoms with E-state index in [-0.39, 0.29) is 12.4 Å². The molecule has 0 fully saturated rings. The van der Waals surface area contributed by atoms with Crippen LogP contribution in [0.25, 0.3) is 0 Å². The molecular formula is C16H21FOS. The third kappa shape index (κ3) is 7.25. The van der Waals surface area contributed by atoms with Crippen molar-refractivity contribution in [3.8, 4) is 11.8 Å². The third-order valence-corrected chi connectivity index (χ3v) is 3.60. The molecule has 3 heteroatoms. The second-order valence-corrected chi connectivity index (χ2v) is 5.96. The van der Waals surface area contributed by atoms with E-state index in [0.29, 0.717) is 17.9 Å². The summed E-state index contributed by atoms with van der Waals surface area (Å²) < 4.78 is 13.4. The lowest BCUT2D eigenvalue weighted by Crippen LogP contribution is -1.92. The molecule has 19 heavy (non-hydrogen) atoms. The highest BCUT2D eigenvalue weighted by Gasteiger charge is 2.01. The van der Waals surface area contributed by atoms with Crippen LogP contribution in [0.5, 0.6) is 0 Å². The van der Waals surface area contributed by atoms with Gasteiger partial charge in [-0.2, -0.15) is 11.8 Å². The summed E-state index contributed by atoms with van der Waals surface area (Å²) in [7, 11) is 0. The molecule has 1 aromatic carbocycles. The summed E-state index contributed by atoms with van der Waals surface area (Å²) in [5.74, 6) is 8.07. The summed E-state index contributed by atoms with van der Waals surface area (Å²) in [6, 6.07) is 4.93. The molecule has 0 radical (unpaired) electrons. The predicted molar refractivity (Wildman–Crippen MR) is 80.6 cm³/mol. The SMILES string of the molecule is CC(C)CCSCc1cc(F)cc(C#CCCO)c1. The van der Waals surface area contributed by atoms with Crippen molar-refractivity contribution in [2.24, 2.45) is 5.92 Å². The van der Waals surface area contributed by atoms with Crippen LogP contribution in [0.3, 0.4) is 0 Å². The summed E-state index contributed by atoms with van der Waals surface area (Å²) in [6.45, 7) is 4.45. The highest BCUT2D eigenvalue weighted by atomic mass is 32.2. The van der Waals surface area contributed by atoms with Gasteiger partial charge >= 0.3 is 0 Å². The van der Waals surface area contributed by atoms with Gasteiger partial charge in [0.2, 0.25) is 0 Å². The lowest BCUT2D eigenvalue weighted by molar-refractivity contribution is 0.305. The molecule has 0 aliphatic heterocycles. The second kappa shape index (κ2) is 9.01. The molecule has 104 valence electrons. The standard InChI is InChI=1S/C16H21FOS/c1-13(2)6-8-19-12-15-9-14(5-3-4-7-18)10-16(17)11-15/h9-11,13,18H,4,6-8,12H2,1-2H3. The molecule has 0 aliphatic carbocycles. The van der Waals surface area contributed by atoms with Crippen molar-refractivity contribution >= 4 is 11.8 Å². The monoisotopic (exact) mass is 280 g/mol. The number of aliphatic hydroxyl groups is 1. The summed E-state index contributed by atoms with van der Waals surface area (Å²) in [4.78, 5) is 0. The minimum absolute atomic E-state index is 0.0419. The normalized spacial score (nSPS) is 10.4. The number of aliphatic hydroxyl groups excluding tert-OH is 1. The molecule has 0 aliphatic rings.